The first-order valence-electron chi connectivity index (χ1n) is 10.0. The number of aromatic nitrogens is 2. The first-order valence-corrected chi connectivity index (χ1v) is 10.0. The van der Waals surface area contributed by atoms with Gasteiger partial charge in [-0.15, -0.1) is 0 Å². The molecule has 2 aromatic heterocycles. The van der Waals surface area contributed by atoms with Gasteiger partial charge in [-0.25, -0.2) is 4.98 Å². The number of ether oxygens (including phenoxy) is 4. The average molecular weight is 417 g/mol. The smallest absolute Gasteiger partial charge is 0.231 e. The van der Waals surface area contributed by atoms with E-state index in [0.717, 1.165) is 45.5 Å². The molecule has 0 spiro atoms. The van der Waals surface area contributed by atoms with Crippen molar-refractivity contribution in [2.45, 2.75) is 13.5 Å². The maximum Gasteiger partial charge on any atom is 0.231 e. The summed E-state index contributed by atoms with van der Waals surface area (Å²) in [5.41, 5.74) is 4.83. The van der Waals surface area contributed by atoms with Gasteiger partial charge in [0.2, 0.25) is 6.79 Å². The highest BCUT2D eigenvalue weighted by Crippen LogP contribution is 2.37. The molecular formula is C24H23N3O4. The van der Waals surface area contributed by atoms with Gasteiger partial charge in [0.05, 0.1) is 14.2 Å². The molecule has 4 aromatic rings. The van der Waals surface area contributed by atoms with Crippen molar-refractivity contribution in [3.8, 4) is 34.3 Å². The predicted molar refractivity (Wildman–Crippen MR) is 118 cm³/mol. The Morgan fingerprint density at radius 3 is 2.65 bits per heavy atom. The van der Waals surface area contributed by atoms with Crippen LogP contribution in [0.15, 0.2) is 54.6 Å². The fraction of sp³-hybridized carbons (Fsp3) is 0.208. The van der Waals surface area contributed by atoms with E-state index in [9.17, 15) is 0 Å². The minimum Gasteiger partial charge on any atom is -0.493 e. The summed E-state index contributed by atoms with van der Waals surface area (Å²) in [5.74, 6) is 3.81. The number of rotatable bonds is 6. The van der Waals surface area contributed by atoms with E-state index in [-0.39, 0.29) is 6.79 Å². The molecule has 1 aliphatic heterocycles. The average Bonchev–Trinajstić information content (AvgIpc) is 3.42. The van der Waals surface area contributed by atoms with E-state index in [1.54, 1.807) is 14.2 Å². The van der Waals surface area contributed by atoms with Crippen LogP contribution in [0, 0.1) is 6.92 Å². The number of fused-ring (bicyclic) bond motifs is 2. The van der Waals surface area contributed by atoms with Crippen LogP contribution in [0.3, 0.4) is 0 Å². The number of pyridine rings is 1. The number of nitrogens with zero attached hydrogens (tertiary/aromatic N) is 2. The molecule has 5 rings (SSSR count). The lowest BCUT2D eigenvalue weighted by Gasteiger charge is -2.12. The second kappa shape index (κ2) is 7.75. The molecule has 1 N–H and O–H groups in total. The van der Waals surface area contributed by atoms with Crippen LogP contribution in [-0.2, 0) is 6.54 Å². The van der Waals surface area contributed by atoms with E-state index in [2.05, 4.69) is 22.7 Å². The highest BCUT2D eigenvalue weighted by atomic mass is 16.7. The predicted octanol–water partition coefficient (Wildman–Crippen LogP) is 4.67. The third-order valence-corrected chi connectivity index (χ3v) is 5.39. The lowest BCUT2D eigenvalue weighted by molar-refractivity contribution is 0.174. The Labute approximate surface area is 180 Å². The van der Waals surface area contributed by atoms with E-state index in [4.69, 9.17) is 23.9 Å². The van der Waals surface area contributed by atoms with Crippen LogP contribution in [0.25, 0.3) is 16.9 Å². The summed E-state index contributed by atoms with van der Waals surface area (Å²) < 4.78 is 23.9. The number of nitrogens with one attached hydrogen (secondary N) is 1. The van der Waals surface area contributed by atoms with E-state index < -0.39 is 0 Å². The largest absolute Gasteiger partial charge is 0.493 e. The van der Waals surface area contributed by atoms with Crippen molar-refractivity contribution in [2.24, 2.45) is 0 Å². The SMILES string of the molecule is COc1ccc(-c2nc3cccc(C)n3c2NCc2ccc3c(c2)OCO3)cc1OC. The van der Waals surface area contributed by atoms with Crippen molar-refractivity contribution in [3.05, 3.63) is 65.9 Å². The maximum atomic E-state index is 5.51. The van der Waals surface area contributed by atoms with E-state index in [1.165, 1.54) is 0 Å². The molecule has 2 aromatic carbocycles. The molecule has 0 fully saturated rings. The molecule has 0 saturated heterocycles. The Morgan fingerprint density at radius 2 is 1.81 bits per heavy atom. The van der Waals surface area contributed by atoms with Crippen LogP contribution in [-0.4, -0.2) is 30.4 Å². The number of hydrogen-bond acceptors (Lipinski definition) is 6. The molecule has 0 atom stereocenters. The van der Waals surface area contributed by atoms with Gasteiger partial charge in [0.25, 0.3) is 0 Å². The maximum absolute atomic E-state index is 5.51. The first-order chi connectivity index (χ1) is 15.2. The summed E-state index contributed by atoms with van der Waals surface area (Å²) in [6.45, 7) is 2.94. The second-order valence-corrected chi connectivity index (χ2v) is 7.28. The quantitative estimate of drug-likeness (QED) is 0.492. The molecule has 31 heavy (non-hydrogen) atoms. The Balaban J connectivity index is 1.56. The van der Waals surface area contributed by atoms with Crippen LogP contribution >= 0.6 is 0 Å². The van der Waals surface area contributed by atoms with E-state index >= 15 is 0 Å². The fourth-order valence-electron chi connectivity index (χ4n) is 3.84. The van der Waals surface area contributed by atoms with Gasteiger partial charge in [-0.1, -0.05) is 12.1 Å². The summed E-state index contributed by atoms with van der Waals surface area (Å²) in [7, 11) is 3.26. The van der Waals surface area contributed by atoms with Crippen LogP contribution in [0.5, 0.6) is 23.0 Å². The van der Waals surface area contributed by atoms with Gasteiger partial charge in [0.1, 0.15) is 17.2 Å². The molecule has 0 bridgehead atoms. The number of methoxy groups -OCH3 is 2. The molecular weight excluding hydrogens is 394 g/mol. The van der Waals surface area contributed by atoms with Gasteiger partial charge in [-0.05, 0) is 55.0 Å². The molecule has 7 heteroatoms. The molecule has 158 valence electrons. The first kappa shape index (κ1) is 19.1. The zero-order valence-electron chi connectivity index (χ0n) is 17.6. The Hall–Kier alpha value is -3.87. The molecule has 3 heterocycles. The van der Waals surface area contributed by atoms with Crippen molar-refractivity contribution in [3.63, 3.8) is 0 Å². The molecule has 0 amide bonds. The van der Waals surface area contributed by atoms with Gasteiger partial charge in [-0.2, -0.15) is 0 Å². The molecule has 7 nitrogen and oxygen atoms in total. The fourth-order valence-corrected chi connectivity index (χ4v) is 3.84. The monoisotopic (exact) mass is 417 g/mol. The molecule has 0 saturated carbocycles. The van der Waals surface area contributed by atoms with Gasteiger partial charge in [0, 0.05) is 17.8 Å². The summed E-state index contributed by atoms with van der Waals surface area (Å²) >= 11 is 0. The Kier molecular flexibility index (Phi) is 4.78. The van der Waals surface area contributed by atoms with Gasteiger partial charge in [-0.3, -0.25) is 4.40 Å². The molecule has 0 unspecified atom stereocenters. The number of benzene rings is 2. The van der Waals surface area contributed by atoms with Crippen molar-refractivity contribution in [1.82, 2.24) is 9.38 Å². The van der Waals surface area contributed by atoms with Gasteiger partial charge >= 0.3 is 0 Å². The molecule has 0 aliphatic carbocycles. The summed E-state index contributed by atoms with van der Waals surface area (Å²) in [6.07, 6.45) is 0. The Bertz CT molecular complexity index is 1270. The molecule has 0 radical (unpaired) electrons. The lowest BCUT2D eigenvalue weighted by atomic mass is 10.1. The zero-order valence-corrected chi connectivity index (χ0v) is 17.6. The molecule has 1 aliphatic rings. The highest BCUT2D eigenvalue weighted by molar-refractivity contribution is 5.78. The summed E-state index contributed by atoms with van der Waals surface area (Å²) in [5, 5.41) is 3.58. The van der Waals surface area contributed by atoms with E-state index in [0.29, 0.717) is 18.0 Å². The minimum atomic E-state index is 0.266. The van der Waals surface area contributed by atoms with Crippen LogP contribution in [0.2, 0.25) is 0 Å². The van der Waals surface area contributed by atoms with Crippen molar-refractivity contribution in [1.29, 1.82) is 0 Å². The number of imidazole rings is 1. The Morgan fingerprint density at radius 1 is 0.968 bits per heavy atom. The zero-order chi connectivity index (χ0) is 21.4. The number of hydrogen-bond donors (Lipinski definition) is 1. The summed E-state index contributed by atoms with van der Waals surface area (Å²) in [4.78, 5) is 4.90. The third-order valence-electron chi connectivity index (χ3n) is 5.39. The van der Waals surface area contributed by atoms with E-state index in [1.807, 2.05) is 48.5 Å². The lowest BCUT2D eigenvalue weighted by Crippen LogP contribution is -2.05. The van der Waals surface area contributed by atoms with Crippen molar-refractivity contribution >= 4 is 11.5 Å². The second-order valence-electron chi connectivity index (χ2n) is 7.28. The van der Waals surface area contributed by atoms with Crippen LogP contribution in [0.1, 0.15) is 11.3 Å². The summed E-state index contributed by atoms with van der Waals surface area (Å²) in [6, 6.07) is 17.9. The van der Waals surface area contributed by atoms with Gasteiger partial charge < -0.3 is 24.3 Å². The van der Waals surface area contributed by atoms with Crippen molar-refractivity contribution in [2.75, 3.05) is 26.3 Å². The van der Waals surface area contributed by atoms with Gasteiger partial charge in [0.15, 0.2) is 23.0 Å². The van der Waals surface area contributed by atoms with Crippen LogP contribution < -0.4 is 24.3 Å². The van der Waals surface area contributed by atoms with Crippen molar-refractivity contribution < 1.29 is 18.9 Å². The minimum absolute atomic E-state index is 0.266. The highest BCUT2D eigenvalue weighted by Gasteiger charge is 2.18. The normalized spacial score (nSPS) is 12.2. The number of anilines is 1. The topological polar surface area (TPSA) is 66.3 Å². The third kappa shape index (κ3) is 3.38. The van der Waals surface area contributed by atoms with Crippen LogP contribution in [0.4, 0.5) is 5.82 Å². The standard InChI is InChI=1S/C24H23N3O4/c1-15-5-4-6-22-26-23(17-8-10-18(28-2)20(12-17)29-3)24(27(15)22)25-13-16-7-9-19-21(11-16)31-14-30-19/h4-12,25H,13-14H2,1-3H3. The number of aryl methyl sites for hydroxylation is 1.